The summed E-state index contributed by atoms with van der Waals surface area (Å²) in [6, 6.07) is 4.53. The molecule has 2 N–H and O–H groups in total. The molecule has 0 fully saturated rings. The van der Waals surface area contributed by atoms with Crippen LogP contribution in [0.3, 0.4) is 0 Å². The first-order valence-electron chi connectivity index (χ1n) is 5.55. The van der Waals surface area contributed by atoms with E-state index in [1.165, 1.54) is 19.2 Å². The van der Waals surface area contributed by atoms with E-state index in [1.54, 1.807) is 6.07 Å². The van der Waals surface area contributed by atoms with E-state index >= 15 is 0 Å². The molecule has 0 bridgehead atoms. The lowest BCUT2D eigenvalue weighted by Crippen LogP contribution is -2.11. The molecule has 7 heteroatoms. The number of nitrogens with zero attached hydrogens (tertiary/aromatic N) is 2. The maximum absolute atomic E-state index is 13.7. The van der Waals surface area contributed by atoms with E-state index in [-0.39, 0.29) is 35.1 Å². The maximum atomic E-state index is 13.7. The minimum absolute atomic E-state index is 0.0504. The van der Waals surface area contributed by atoms with Crippen LogP contribution in [-0.2, 0) is 12.5 Å². The van der Waals surface area contributed by atoms with Crippen LogP contribution in [-0.4, -0.2) is 17.3 Å². The number of hydrogen-bond donors (Lipinski definition) is 1. The third-order valence-electron chi connectivity index (χ3n) is 2.57. The summed E-state index contributed by atoms with van der Waals surface area (Å²) in [5.74, 6) is -2.77. The van der Waals surface area contributed by atoms with Crippen LogP contribution in [0.15, 0.2) is 22.7 Å². The summed E-state index contributed by atoms with van der Waals surface area (Å²) in [4.78, 5) is 3.96. The van der Waals surface area contributed by atoms with Gasteiger partial charge in [-0.2, -0.15) is 4.98 Å². The highest BCUT2D eigenvalue weighted by Gasteiger charge is 2.33. The third kappa shape index (κ3) is 2.55. The Bertz CT molecular complexity index is 579. The van der Waals surface area contributed by atoms with Gasteiger partial charge in [-0.05, 0) is 6.07 Å². The van der Waals surface area contributed by atoms with E-state index in [0.29, 0.717) is 0 Å². The lowest BCUT2D eigenvalue weighted by Gasteiger charge is -2.17. The van der Waals surface area contributed by atoms with Gasteiger partial charge in [-0.25, -0.2) is 8.78 Å². The van der Waals surface area contributed by atoms with Crippen molar-refractivity contribution in [1.29, 1.82) is 0 Å². The van der Waals surface area contributed by atoms with Gasteiger partial charge in [0, 0.05) is 12.5 Å². The van der Waals surface area contributed by atoms with Crippen molar-refractivity contribution in [1.82, 2.24) is 10.1 Å². The topological polar surface area (TPSA) is 74.2 Å². The van der Waals surface area contributed by atoms with Crippen molar-refractivity contribution in [3.05, 3.63) is 29.7 Å². The van der Waals surface area contributed by atoms with Gasteiger partial charge >= 0.3 is 0 Å². The van der Waals surface area contributed by atoms with Crippen molar-refractivity contribution in [3.63, 3.8) is 0 Å². The van der Waals surface area contributed by atoms with Gasteiger partial charge in [0.2, 0.25) is 11.7 Å². The van der Waals surface area contributed by atoms with Gasteiger partial charge in [-0.3, -0.25) is 0 Å². The zero-order valence-corrected chi connectivity index (χ0v) is 10.5. The molecule has 5 nitrogen and oxygen atoms in total. The van der Waals surface area contributed by atoms with Gasteiger partial charge in [0.25, 0.3) is 5.92 Å². The van der Waals surface area contributed by atoms with Gasteiger partial charge in [0.15, 0.2) is 0 Å². The fourth-order valence-electron chi connectivity index (χ4n) is 1.79. The van der Waals surface area contributed by atoms with Gasteiger partial charge < -0.3 is 15.0 Å². The Morgan fingerprint density at radius 2 is 2.16 bits per heavy atom. The predicted molar refractivity (Wildman–Crippen MR) is 63.7 cm³/mol. The van der Waals surface area contributed by atoms with Crippen LogP contribution in [0.2, 0.25) is 0 Å². The molecule has 0 atom stereocenters. The average Bonchev–Trinajstić information content (AvgIpc) is 2.85. The molecule has 0 saturated carbocycles. The molecule has 19 heavy (non-hydrogen) atoms. The summed E-state index contributed by atoms with van der Waals surface area (Å²) in [5.41, 5.74) is 5.24. The highest BCUT2D eigenvalue weighted by molar-refractivity contribution is 5.65. The Morgan fingerprint density at radius 1 is 1.42 bits per heavy atom. The van der Waals surface area contributed by atoms with Gasteiger partial charge in [0.05, 0.1) is 19.2 Å². The molecule has 2 rings (SSSR count). The van der Waals surface area contributed by atoms with Crippen LogP contribution < -0.4 is 10.5 Å². The minimum atomic E-state index is -3.09. The lowest BCUT2D eigenvalue weighted by molar-refractivity contribution is 0.0156. The van der Waals surface area contributed by atoms with E-state index in [1.807, 2.05) is 0 Å². The first-order valence-corrected chi connectivity index (χ1v) is 5.55. The standard InChI is InChI=1S/C12H13F2N3O2/c1-12(13,14)10-7(4-3-5-8(10)18-2)11-16-9(6-15)19-17-11/h3-5H,6,15H2,1-2H3. The summed E-state index contributed by atoms with van der Waals surface area (Å²) in [5, 5.41) is 3.65. The van der Waals surface area contributed by atoms with E-state index in [9.17, 15) is 8.78 Å². The van der Waals surface area contributed by atoms with Crippen LogP contribution in [0.1, 0.15) is 18.4 Å². The predicted octanol–water partition coefficient (Wildman–Crippen LogP) is 2.32. The summed E-state index contributed by atoms with van der Waals surface area (Å²) < 4.78 is 37.3. The number of benzene rings is 1. The smallest absolute Gasteiger partial charge is 0.274 e. The number of halogens is 2. The number of nitrogens with two attached hydrogens (primary N) is 1. The zero-order valence-electron chi connectivity index (χ0n) is 10.5. The van der Waals surface area contributed by atoms with Crippen LogP contribution in [0.4, 0.5) is 8.78 Å². The van der Waals surface area contributed by atoms with Crippen LogP contribution in [0, 0.1) is 0 Å². The van der Waals surface area contributed by atoms with Gasteiger partial charge in [-0.1, -0.05) is 17.3 Å². The average molecular weight is 269 g/mol. The van der Waals surface area contributed by atoms with E-state index in [4.69, 9.17) is 15.0 Å². The fourth-order valence-corrected chi connectivity index (χ4v) is 1.79. The summed E-state index contributed by atoms with van der Waals surface area (Å²) in [6.07, 6.45) is 0. The SMILES string of the molecule is COc1cccc(-c2noc(CN)n2)c1C(C)(F)F. The molecule has 102 valence electrons. The summed E-state index contributed by atoms with van der Waals surface area (Å²) in [7, 11) is 1.33. The number of methoxy groups -OCH3 is 1. The second-order valence-corrected chi connectivity index (χ2v) is 3.99. The van der Waals surface area contributed by atoms with Gasteiger partial charge in [0.1, 0.15) is 5.75 Å². The fraction of sp³-hybridized carbons (Fsp3) is 0.333. The Labute approximate surface area is 108 Å². The molecule has 0 unspecified atom stereocenters. The molecule has 0 saturated heterocycles. The molecule has 0 aliphatic rings. The number of hydrogen-bond acceptors (Lipinski definition) is 5. The monoisotopic (exact) mass is 269 g/mol. The van der Waals surface area contributed by atoms with E-state index in [0.717, 1.165) is 6.92 Å². The highest BCUT2D eigenvalue weighted by atomic mass is 19.3. The largest absolute Gasteiger partial charge is 0.496 e. The number of aromatic nitrogens is 2. The molecule has 0 amide bonds. The van der Waals surface area contributed by atoms with Crippen LogP contribution in [0.25, 0.3) is 11.4 Å². The number of alkyl halides is 2. The second-order valence-electron chi connectivity index (χ2n) is 3.99. The van der Waals surface area contributed by atoms with Crippen molar-refractivity contribution in [2.24, 2.45) is 5.73 Å². The van der Waals surface area contributed by atoms with Crippen LogP contribution >= 0.6 is 0 Å². The van der Waals surface area contributed by atoms with Gasteiger partial charge in [-0.15, -0.1) is 0 Å². The Kier molecular flexibility index (Phi) is 3.48. The van der Waals surface area contributed by atoms with E-state index in [2.05, 4.69) is 10.1 Å². The summed E-state index contributed by atoms with van der Waals surface area (Å²) >= 11 is 0. The third-order valence-corrected chi connectivity index (χ3v) is 2.57. The minimum Gasteiger partial charge on any atom is -0.496 e. The Hall–Kier alpha value is -2.02. The van der Waals surface area contributed by atoms with Crippen molar-refractivity contribution in [2.45, 2.75) is 19.4 Å². The van der Waals surface area contributed by atoms with Crippen molar-refractivity contribution in [2.75, 3.05) is 7.11 Å². The lowest BCUT2D eigenvalue weighted by atomic mass is 10.0. The van der Waals surface area contributed by atoms with Crippen LogP contribution in [0.5, 0.6) is 5.75 Å². The number of rotatable bonds is 4. The molecule has 0 spiro atoms. The van der Waals surface area contributed by atoms with Crippen molar-refractivity contribution >= 4 is 0 Å². The quantitative estimate of drug-likeness (QED) is 0.921. The molecule has 2 aromatic rings. The molecule has 0 radical (unpaired) electrons. The zero-order chi connectivity index (χ0) is 14.0. The second kappa shape index (κ2) is 4.93. The Balaban J connectivity index is 2.62. The molecule has 0 aliphatic carbocycles. The first kappa shape index (κ1) is 13.4. The number of ether oxygens (including phenoxy) is 1. The van der Waals surface area contributed by atoms with E-state index < -0.39 is 5.92 Å². The summed E-state index contributed by atoms with van der Waals surface area (Å²) in [6.45, 7) is 0.840. The van der Waals surface area contributed by atoms with Crippen molar-refractivity contribution in [3.8, 4) is 17.1 Å². The molecule has 1 aromatic carbocycles. The van der Waals surface area contributed by atoms with Crippen molar-refractivity contribution < 1.29 is 18.0 Å². The molecular formula is C12H13F2N3O2. The molecule has 0 aliphatic heterocycles. The first-order chi connectivity index (χ1) is 8.97. The molecule has 1 aromatic heterocycles. The molecular weight excluding hydrogens is 256 g/mol. The molecule has 1 heterocycles. The maximum Gasteiger partial charge on any atom is 0.274 e. The highest BCUT2D eigenvalue weighted by Crippen LogP contribution is 2.40. The normalized spacial score (nSPS) is 11.6. The Morgan fingerprint density at radius 3 is 2.68 bits per heavy atom.